The average molecular weight is 277 g/mol. The van der Waals surface area contributed by atoms with Gasteiger partial charge < -0.3 is 5.32 Å². The molecule has 0 radical (unpaired) electrons. The van der Waals surface area contributed by atoms with E-state index in [0.717, 1.165) is 24.2 Å². The van der Waals surface area contributed by atoms with Gasteiger partial charge in [0.2, 0.25) is 5.82 Å². The van der Waals surface area contributed by atoms with E-state index in [-0.39, 0.29) is 11.7 Å². The summed E-state index contributed by atoms with van der Waals surface area (Å²) in [5.74, 6) is 1.08. The lowest BCUT2D eigenvalue weighted by Crippen LogP contribution is -2.13. The Balaban J connectivity index is 1.74. The van der Waals surface area contributed by atoms with E-state index in [2.05, 4.69) is 20.5 Å². The van der Waals surface area contributed by atoms with Gasteiger partial charge in [-0.15, -0.1) is 5.10 Å². The van der Waals surface area contributed by atoms with Crippen molar-refractivity contribution in [2.75, 3.05) is 5.32 Å². The molecule has 1 aliphatic carbocycles. The first-order valence-electron chi connectivity index (χ1n) is 6.13. The number of H-pyrrole nitrogens is 1. The molecule has 6 heteroatoms. The molecule has 0 saturated heterocycles. The Bertz CT molecular complexity index is 633. The van der Waals surface area contributed by atoms with Crippen LogP contribution in [0.15, 0.2) is 18.2 Å². The maximum Gasteiger partial charge on any atom is 0.295 e. The van der Waals surface area contributed by atoms with Crippen LogP contribution in [0, 0.1) is 6.92 Å². The molecule has 0 bridgehead atoms. The Hall–Kier alpha value is -1.88. The van der Waals surface area contributed by atoms with Gasteiger partial charge in [0.05, 0.1) is 0 Å². The smallest absolute Gasteiger partial charge is 0.295 e. The molecule has 1 heterocycles. The van der Waals surface area contributed by atoms with Crippen molar-refractivity contribution in [1.82, 2.24) is 15.2 Å². The molecule has 3 rings (SSSR count). The molecule has 2 aromatic rings. The summed E-state index contributed by atoms with van der Waals surface area (Å²) < 4.78 is 0. The molecule has 1 fully saturated rings. The number of anilines is 1. The van der Waals surface area contributed by atoms with Gasteiger partial charge in [-0.3, -0.25) is 9.89 Å². The first kappa shape index (κ1) is 12.2. The summed E-state index contributed by atoms with van der Waals surface area (Å²) in [6, 6.07) is 5.36. The Morgan fingerprint density at radius 3 is 2.95 bits per heavy atom. The van der Waals surface area contributed by atoms with Gasteiger partial charge in [-0.25, -0.2) is 4.98 Å². The van der Waals surface area contributed by atoms with E-state index in [1.807, 2.05) is 13.0 Å². The number of rotatable bonds is 3. The standard InChI is InChI=1S/C13H13ClN4O/c1-7-2-5-9(6-10(7)14)15-13(19)12-16-11(17-18-12)8-3-4-8/h2,5-6,8H,3-4H2,1H3,(H,15,19)(H,16,17,18). The Labute approximate surface area is 115 Å². The molecule has 0 unspecified atom stereocenters. The number of nitrogens with one attached hydrogen (secondary N) is 2. The van der Waals surface area contributed by atoms with Crippen molar-refractivity contribution in [3.63, 3.8) is 0 Å². The number of aryl methyl sites for hydroxylation is 1. The van der Waals surface area contributed by atoms with Crippen LogP contribution in [0.1, 0.15) is 40.8 Å². The number of hydrogen-bond donors (Lipinski definition) is 2. The maximum atomic E-state index is 12.0. The topological polar surface area (TPSA) is 70.7 Å². The molecule has 1 saturated carbocycles. The van der Waals surface area contributed by atoms with Crippen LogP contribution in [0.4, 0.5) is 5.69 Å². The Morgan fingerprint density at radius 1 is 1.47 bits per heavy atom. The van der Waals surface area contributed by atoms with Crippen LogP contribution in [0.3, 0.4) is 0 Å². The fourth-order valence-corrected chi connectivity index (χ4v) is 1.95. The first-order chi connectivity index (χ1) is 9.13. The van der Waals surface area contributed by atoms with Gasteiger partial charge >= 0.3 is 0 Å². The largest absolute Gasteiger partial charge is 0.319 e. The highest BCUT2D eigenvalue weighted by Gasteiger charge is 2.28. The van der Waals surface area contributed by atoms with Crippen LogP contribution in [-0.2, 0) is 0 Å². The summed E-state index contributed by atoms with van der Waals surface area (Å²) >= 11 is 6.01. The van der Waals surface area contributed by atoms with Crippen molar-refractivity contribution in [3.8, 4) is 0 Å². The molecule has 19 heavy (non-hydrogen) atoms. The summed E-state index contributed by atoms with van der Waals surface area (Å²) in [5.41, 5.74) is 1.60. The van der Waals surface area contributed by atoms with Crippen LogP contribution < -0.4 is 5.32 Å². The lowest BCUT2D eigenvalue weighted by molar-refractivity contribution is 0.101. The molecule has 1 aromatic heterocycles. The third kappa shape index (κ3) is 2.61. The Kier molecular flexibility index (Phi) is 2.98. The summed E-state index contributed by atoms with van der Waals surface area (Å²) in [4.78, 5) is 16.2. The van der Waals surface area contributed by atoms with E-state index in [9.17, 15) is 4.79 Å². The fraction of sp³-hybridized carbons (Fsp3) is 0.308. The highest BCUT2D eigenvalue weighted by atomic mass is 35.5. The second-order valence-corrected chi connectivity index (χ2v) is 5.14. The second-order valence-electron chi connectivity index (χ2n) is 4.74. The van der Waals surface area contributed by atoms with Gasteiger partial charge in [-0.05, 0) is 37.5 Å². The van der Waals surface area contributed by atoms with Crippen molar-refractivity contribution in [2.24, 2.45) is 0 Å². The van der Waals surface area contributed by atoms with Gasteiger partial charge in [0.15, 0.2) is 0 Å². The number of aromatic amines is 1. The molecule has 0 atom stereocenters. The van der Waals surface area contributed by atoms with E-state index in [0.29, 0.717) is 16.6 Å². The normalized spacial score (nSPS) is 14.4. The highest BCUT2D eigenvalue weighted by Crippen LogP contribution is 2.37. The summed E-state index contributed by atoms with van der Waals surface area (Å²) in [7, 11) is 0. The van der Waals surface area contributed by atoms with Crippen molar-refractivity contribution in [2.45, 2.75) is 25.7 Å². The molecule has 5 nitrogen and oxygen atoms in total. The molecular formula is C13H13ClN4O. The zero-order valence-electron chi connectivity index (χ0n) is 10.4. The SMILES string of the molecule is Cc1ccc(NC(=O)c2n[nH]c(C3CC3)n2)cc1Cl. The van der Waals surface area contributed by atoms with Crippen LogP contribution in [0.5, 0.6) is 0 Å². The zero-order valence-corrected chi connectivity index (χ0v) is 11.2. The number of nitrogens with zero attached hydrogens (tertiary/aromatic N) is 2. The minimum Gasteiger partial charge on any atom is -0.319 e. The van der Waals surface area contributed by atoms with Crippen molar-refractivity contribution >= 4 is 23.2 Å². The molecule has 98 valence electrons. The lowest BCUT2D eigenvalue weighted by Gasteiger charge is -2.04. The summed E-state index contributed by atoms with van der Waals surface area (Å²) in [5, 5.41) is 10.1. The van der Waals surface area contributed by atoms with Gasteiger partial charge in [0.1, 0.15) is 5.82 Å². The quantitative estimate of drug-likeness (QED) is 0.905. The predicted molar refractivity (Wildman–Crippen MR) is 72.5 cm³/mol. The van der Waals surface area contributed by atoms with E-state index in [1.165, 1.54) is 0 Å². The Morgan fingerprint density at radius 2 is 2.26 bits per heavy atom. The summed E-state index contributed by atoms with van der Waals surface area (Å²) in [6.07, 6.45) is 2.23. The predicted octanol–water partition coefficient (Wildman–Crippen LogP) is 2.90. The van der Waals surface area contributed by atoms with E-state index >= 15 is 0 Å². The summed E-state index contributed by atoms with van der Waals surface area (Å²) in [6.45, 7) is 1.91. The van der Waals surface area contributed by atoms with Gasteiger partial charge in [0, 0.05) is 16.6 Å². The number of amides is 1. The molecule has 1 aliphatic rings. The minimum absolute atomic E-state index is 0.165. The van der Waals surface area contributed by atoms with Crippen LogP contribution >= 0.6 is 11.6 Å². The number of carbonyl (C=O) groups is 1. The van der Waals surface area contributed by atoms with Crippen molar-refractivity contribution in [1.29, 1.82) is 0 Å². The van der Waals surface area contributed by atoms with E-state index in [4.69, 9.17) is 11.6 Å². The second kappa shape index (κ2) is 4.66. The van der Waals surface area contributed by atoms with Crippen LogP contribution in [-0.4, -0.2) is 21.1 Å². The van der Waals surface area contributed by atoms with Gasteiger partial charge in [-0.1, -0.05) is 17.7 Å². The average Bonchev–Trinajstić information content (AvgIpc) is 3.11. The number of halogens is 1. The first-order valence-corrected chi connectivity index (χ1v) is 6.51. The van der Waals surface area contributed by atoms with E-state index in [1.54, 1.807) is 12.1 Å². The number of aromatic nitrogens is 3. The molecular weight excluding hydrogens is 264 g/mol. The molecule has 1 amide bonds. The number of carbonyl (C=O) groups excluding carboxylic acids is 1. The third-order valence-electron chi connectivity index (χ3n) is 3.10. The van der Waals surface area contributed by atoms with Crippen molar-refractivity contribution < 1.29 is 4.79 Å². The third-order valence-corrected chi connectivity index (χ3v) is 3.51. The van der Waals surface area contributed by atoms with Crippen molar-refractivity contribution in [3.05, 3.63) is 40.4 Å². The monoisotopic (exact) mass is 276 g/mol. The minimum atomic E-state index is -0.330. The molecule has 2 N–H and O–H groups in total. The maximum absolute atomic E-state index is 12.0. The molecule has 0 spiro atoms. The fourth-order valence-electron chi connectivity index (χ4n) is 1.77. The lowest BCUT2D eigenvalue weighted by atomic mass is 10.2. The zero-order chi connectivity index (χ0) is 13.4. The highest BCUT2D eigenvalue weighted by molar-refractivity contribution is 6.31. The van der Waals surface area contributed by atoms with Gasteiger partial charge in [-0.2, -0.15) is 0 Å². The molecule has 0 aliphatic heterocycles. The number of benzene rings is 1. The van der Waals surface area contributed by atoms with E-state index < -0.39 is 0 Å². The van der Waals surface area contributed by atoms with Crippen LogP contribution in [0.25, 0.3) is 0 Å². The number of hydrogen-bond acceptors (Lipinski definition) is 3. The van der Waals surface area contributed by atoms with Gasteiger partial charge in [0.25, 0.3) is 5.91 Å². The van der Waals surface area contributed by atoms with Crippen LogP contribution in [0.2, 0.25) is 5.02 Å². The molecule has 1 aromatic carbocycles.